The summed E-state index contributed by atoms with van der Waals surface area (Å²) in [6.07, 6.45) is 0. The maximum atomic E-state index is 12.4. The van der Waals surface area contributed by atoms with Gasteiger partial charge in [-0.15, -0.1) is 0 Å². The van der Waals surface area contributed by atoms with Crippen molar-refractivity contribution in [2.24, 2.45) is 0 Å². The molecule has 0 aromatic heterocycles. The Hall–Kier alpha value is -3.38. The summed E-state index contributed by atoms with van der Waals surface area (Å²) < 4.78 is 0. The molecule has 0 fully saturated rings. The van der Waals surface area contributed by atoms with Crippen LogP contribution in [0, 0.1) is 10.1 Å². The van der Waals surface area contributed by atoms with Gasteiger partial charge in [-0.25, -0.2) is 0 Å². The summed E-state index contributed by atoms with van der Waals surface area (Å²) >= 11 is 5.86. The number of rotatable bonds is 5. The van der Waals surface area contributed by atoms with Gasteiger partial charge in [-0.3, -0.25) is 14.9 Å². The molecular formula is C19H14ClN3O3. The summed E-state index contributed by atoms with van der Waals surface area (Å²) in [6.45, 7) is 0. The van der Waals surface area contributed by atoms with Crippen molar-refractivity contribution >= 4 is 40.3 Å². The fraction of sp³-hybridized carbons (Fsp3) is 0. The Labute approximate surface area is 154 Å². The van der Waals surface area contributed by atoms with Gasteiger partial charge in [0.2, 0.25) is 0 Å². The minimum Gasteiger partial charge on any atom is -0.356 e. The third-order valence-corrected chi connectivity index (χ3v) is 3.84. The SMILES string of the molecule is O=C(Nc1ccc(Nc2ccccc2)cc1)c1cc(Cl)ccc1[N+](=O)[O-]. The second kappa shape index (κ2) is 7.67. The number of carbonyl (C=O) groups is 1. The van der Waals surface area contributed by atoms with Crippen molar-refractivity contribution in [1.82, 2.24) is 0 Å². The Balaban J connectivity index is 1.74. The average molecular weight is 368 g/mol. The lowest BCUT2D eigenvalue weighted by Crippen LogP contribution is -2.14. The van der Waals surface area contributed by atoms with Crippen LogP contribution in [0.1, 0.15) is 10.4 Å². The van der Waals surface area contributed by atoms with Crippen molar-refractivity contribution < 1.29 is 9.72 Å². The Morgan fingerprint density at radius 2 is 1.50 bits per heavy atom. The number of hydrogen-bond donors (Lipinski definition) is 2. The van der Waals surface area contributed by atoms with Crippen molar-refractivity contribution in [3.05, 3.63) is 93.5 Å². The summed E-state index contributed by atoms with van der Waals surface area (Å²) in [7, 11) is 0. The number of para-hydroxylation sites is 1. The number of nitrogens with one attached hydrogen (secondary N) is 2. The van der Waals surface area contributed by atoms with Gasteiger partial charge in [0.1, 0.15) is 5.56 Å². The van der Waals surface area contributed by atoms with Crippen LogP contribution in [0.2, 0.25) is 5.02 Å². The van der Waals surface area contributed by atoms with Crippen LogP contribution in [0.25, 0.3) is 0 Å². The molecule has 3 aromatic rings. The van der Waals surface area contributed by atoms with Gasteiger partial charge < -0.3 is 10.6 Å². The van der Waals surface area contributed by atoms with Crippen LogP contribution < -0.4 is 10.6 Å². The highest BCUT2D eigenvalue weighted by Gasteiger charge is 2.20. The molecule has 0 atom stereocenters. The van der Waals surface area contributed by atoms with Gasteiger partial charge in [0.25, 0.3) is 11.6 Å². The van der Waals surface area contributed by atoms with Crippen LogP contribution in [0.3, 0.4) is 0 Å². The fourth-order valence-electron chi connectivity index (χ4n) is 2.37. The summed E-state index contributed by atoms with van der Waals surface area (Å²) in [6, 6.07) is 20.5. The maximum Gasteiger partial charge on any atom is 0.282 e. The molecule has 0 heterocycles. The van der Waals surface area contributed by atoms with E-state index in [0.717, 1.165) is 11.4 Å². The van der Waals surface area contributed by atoms with E-state index in [0.29, 0.717) is 5.69 Å². The van der Waals surface area contributed by atoms with Crippen LogP contribution in [0.15, 0.2) is 72.8 Å². The number of nitro benzene ring substituents is 1. The molecule has 0 saturated carbocycles. The predicted octanol–water partition coefficient (Wildman–Crippen LogP) is 5.24. The van der Waals surface area contributed by atoms with Crippen molar-refractivity contribution in [3.8, 4) is 0 Å². The molecule has 6 nitrogen and oxygen atoms in total. The third-order valence-electron chi connectivity index (χ3n) is 3.61. The van der Waals surface area contributed by atoms with Crippen LogP contribution in [0.4, 0.5) is 22.7 Å². The summed E-state index contributed by atoms with van der Waals surface area (Å²) in [5.41, 5.74) is 1.92. The Morgan fingerprint density at radius 1 is 0.885 bits per heavy atom. The minimum absolute atomic E-state index is 0.0889. The lowest BCUT2D eigenvalue weighted by atomic mass is 10.1. The number of anilines is 3. The molecule has 0 aliphatic rings. The summed E-state index contributed by atoms with van der Waals surface area (Å²) in [5, 5.41) is 17.2. The van der Waals surface area contributed by atoms with Crippen LogP contribution >= 0.6 is 11.6 Å². The van der Waals surface area contributed by atoms with Crippen LogP contribution in [-0.4, -0.2) is 10.8 Å². The number of carbonyl (C=O) groups excluding carboxylic acids is 1. The van der Waals surface area contributed by atoms with Gasteiger partial charge in [-0.1, -0.05) is 29.8 Å². The molecule has 0 aliphatic heterocycles. The molecule has 2 N–H and O–H groups in total. The van der Waals surface area contributed by atoms with Gasteiger partial charge in [0.05, 0.1) is 4.92 Å². The first-order valence-electron chi connectivity index (χ1n) is 7.70. The smallest absolute Gasteiger partial charge is 0.282 e. The minimum atomic E-state index is -0.613. The van der Waals surface area contributed by atoms with E-state index in [9.17, 15) is 14.9 Å². The maximum absolute atomic E-state index is 12.4. The van der Waals surface area contributed by atoms with Gasteiger partial charge in [0.15, 0.2) is 0 Å². The molecule has 26 heavy (non-hydrogen) atoms. The Kier molecular flexibility index (Phi) is 5.15. The number of hydrogen-bond acceptors (Lipinski definition) is 4. The molecule has 0 bridgehead atoms. The van der Waals surface area contributed by atoms with E-state index < -0.39 is 10.8 Å². The van der Waals surface area contributed by atoms with Crippen molar-refractivity contribution in [1.29, 1.82) is 0 Å². The van der Waals surface area contributed by atoms with Crippen molar-refractivity contribution in [3.63, 3.8) is 0 Å². The van der Waals surface area contributed by atoms with E-state index in [1.165, 1.54) is 18.2 Å². The largest absolute Gasteiger partial charge is 0.356 e. The molecule has 1 amide bonds. The molecule has 7 heteroatoms. The normalized spacial score (nSPS) is 10.2. The first kappa shape index (κ1) is 17.4. The number of nitro groups is 1. The second-order valence-corrected chi connectivity index (χ2v) is 5.88. The zero-order valence-corrected chi connectivity index (χ0v) is 14.2. The number of benzene rings is 3. The van der Waals surface area contributed by atoms with E-state index >= 15 is 0 Å². The molecule has 0 unspecified atom stereocenters. The lowest BCUT2D eigenvalue weighted by molar-refractivity contribution is -0.385. The molecule has 0 radical (unpaired) electrons. The standard InChI is InChI=1S/C19H14ClN3O3/c20-13-6-11-18(23(25)26)17(12-13)19(24)22-16-9-7-15(8-10-16)21-14-4-2-1-3-5-14/h1-12,21H,(H,22,24). The predicted molar refractivity (Wildman–Crippen MR) is 102 cm³/mol. The monoisotopic (exact) mass is 367 g/mol. The van der Waals surface area contributed by atoms with Crippen molar-refractivity contribution in [2.75, 3.05) is 10.6 Å². The van der Waals surface area contributed by atoms with Gasteiger partial charge >= 0.3 is 0 Å². The van der Waals surface area contributed by atoms with Crippen LogP contribution in [0.5, 0.6) is 0 Å². The molecule has 0 aliphatic carbocycles. The highest BCUT2D eigenvalue weighted by Crippen LogP contribution is 2.24. The molecular weight excluding hydrogens is 354 g/mol. The van der Waals surface area contributed by atoms with Gasteiger partial charge in [-0.2, -0.15) is 0 Å². The topological polar surface area (TPSA) is 84.3 Å². The molecule has 3 aromatic carbocycles. The van der Waals surface area contributed by atoms with E-state index in [1.54, 1.807) is 24.3 Å². The molecule has 3 rings (SSSR count). The Bertz CT molecular complexity index is 944. The second-order valence-electron chi connectivity index (χ2n) is 5.44. The van der Waals surface area contributed by atoms with Crippen LogP contribution in [-0.2, 0) is 0 Å². The third kappa shape index (κ3) is 4.17. The first-order valence-corrected chi connectivity index (χ1v) is 8.08. The zero-order valence-electron chi connectivity index (χ0n) is 13.5. The van der Waals surface area contributed by atoms with E-state index in [1.807, 2.05) is 30.3 Å². The van der Waals surface area contributed by atoms with E-state index in [4.69, 9.17) is 11.6 Å². The summed E-state index contributed by atoms with van der Waals surface area (Å²) in [4.78, 5) is 22.8. The van der Waals surface area contributed by atoms with Crippen molar-refractivity contribution in [2.45, 2.75) is 0 Å². The summed E-state index contributed by atoms with van der Waals surface area (Å²) in [5.74, 6) is -0.594. The molecule has 130 valence electrons. The highest BCUT2D eigenvalue weighted by atomic mass is 35.5. The fourth-order valence-corrected chi connectivity index (χ4v) is 2.54. The average Bonchev–Trinajstić information content (AvgIpc) is 2.64. The molecule has 0 saturated heterocycles. The van der Waals surface area contributed by atoms with Gasteiger partial charge in [0, 0.05) is 28.2 Å². The molecule has 0 spiro atoms. The quantitative estimate of drug-likeness (QED) is 0.476. The van der Waals surface area contributed by atoms with E-state index in [-0.39, 0.29) is 16.3 Å². The number of amides is 1. The first-order chi connectivity index (χ1) is 12.5. The zero-order chi connectivity index (χ0) is 18.5. The lowest BCUT2D eigenvalue weighted by Gasteiger charge is -2.09. The number of halogens is 1. The Morgan fingerprint density at radius 3 is 2.15 bits per heavy atom. The van der Waals surface area contributed by atoms with E-state index in [2.05, 4.69) is 10.6 Å². The van der Waals surface area contributed by atoms with Gasteiger partial charge in [-0.05, 0) is 48.5 Å². The number of nitrogens with zero attached hydrogens (tertiary/aromatic N) is 1. The highest BCUT2D eigenvalue weighted by molar-refractivity contribution is 6.31.